The number of H-pyrrole nitrogens is 1. The van der Waals surface area contributed by atoms with E-state index in [0.717, 1.165) is 6.07 Å². The number of halogens is 3. The third-order valence-corrected chi connectivity index (χ3v) is 2.66. The maximum atomic E-state index is 12.8. The number of benzene rings is 1. The number of alkyl halides is 3. The second-order valence-corrected chi connectivity index (χ2v) is 4.63. The highest BCUT2D eigenvalue weighted by Gasteiger charge is 2.33. The fraction of sp³-hybridized carbons (Fsp3) is 0.417. The normalized spacial score (nSPS) is 12.6. The van der Waals surface area contributed by atoms with Gasteiger partial charge >= 0.3 is 11.9 Å². The average molecular weight is 258 g/mol. The Balaban J connectivity index is 2.71. The van der Waals surface area contributed by atoms with E-state index in [1.54, 1.807) is 0 Å². The molecule has 1 heterocycles. The lowest BCUT2D eigenvalue weighted by atomic mass is 10.1. The summed E-state index contributed by atoms with van der Waals surface area (Å²) in [5, 5.41) is 0. The summed E-state index contributed by atoms with van der Waals surface area (Å²) in [4.78, 5) is 14.0. The van der Waals surface area contributed by atoms with E-state index in [-0.39, 0.29) is 11.4 Å². The molecule has 0 saturated carbocycles. The minimum Gasteiger partial charge on any atom is -0.305 e. The van der Waals surface area contributed by atoms with Crippen LogP contribution in [0.5, 0.6) is 0 Å². The Labute approximate surface area is 101 Å². The van der Waals surface area contributed by atoms with Crippen LogP contribution < -0.4 is 5.69 Å². The van der Waals surface area contributed by atoms with Gasteiger partial charge in [-0.15, -0.1) is 0 Å². The quantitative estimate of drug-likeness (QED) is 0.883. The van der Waals surface area contributed by atoms with Gasteiger partial charge in [0.1, 0.15) is 0 Å². The number of imidazole rings is 1. The highest BCUT2D eigenvalue weighted by molar-refractivity contribution is 5.79. The Kier molecular flexibility index (Phi) is 2.96. The zero-order valence-electron chi connectivity index (χ0n) is 10.0. The second kappa shape index (κ2) is 4.19. The van der Waals surface area contributed by atoms with Crippen LogP contribution in [0.1, 0.15) is 19.4 Å². The fourth-order valence-corrected chi connectivity index (χ4v) is 1.96. The molecule has 1 N–H and O–H groups in total. The molecule has 2 rings (SSSR count). The standard InChI is InChI=1S/C12H13F3N2O/c1-7(2)6-17-9-5-3-4-8(12(13,14)15)10(9)16-11(17)18/h3-5,7H,6H2,1-2H3,(H,16,18). The van der Waals surface area contributed by atoms with Crippen molar-refractivity contribution < 1.29 is 13.2 Å². The SMILES string of the molecule is CC(C)Cn1c(=O)[nH]c2c(C(F)(F)F)cccc21. The Bertz CT molecular complexity index is 622. The summed E-state index contributed by atoms with van der Waals surface area (Å²) in [6.07, 6.45) is -4.47. The van der Waals surface area contributed by atoms with Crippen LogP contribution in [0.2, 0.25) is 0 Å². The van der Waals surface area contributed by atoms with Crippen LogP contribution in [0.25, 0.3) is 11.0 Å². The molecule has 0 bridgehead atoms. The van der Waals surface area contributed by atoms with Crippen molar-refractivity contribution in [3.05, 3.63) is 34.2 Å². The van der Waals surface area contributed by atoms with Crippen molar-refractivity contribution in [3.8, 4) is 0 Å². The van der Waals surface area contributed by atoms with E-state index in [4.69, 9.17) is 0 Å². The van der Waals surface area contributed by atoms with Gasteiger partial charge in [-0.2, -0.15) is 13.2 Å². The summed E-state index contributed by atoms with van der Waals surface area (Å²) >= 11 is 0. The molecule has 1 aromatic carbocycles. The first-order valence-corrected chi connectivity index (χ1v) is 5.59. The number of aromatic nitrogens is 2. The molecule has 98 valence electrons. The van der Waals surface area contributed by atoms with Gasteiger partial charge in [-0.3, -0.25) is 4.57 Å². The summed E-state index contributed by atoms with van der Waals surface area (Å²) in [7, 11) is 0. The van der Waals surface area contributed by atoms with Gasteiger partial charge in [0.05, 0.1) is 16.6 Å². The van der Waals surface area contributed by atoms with Crippen molar-refractivity contribution in [1.82, 2.24) is 9.55 Å². The first kappa shape index (κ1) is 12.7. The van der Waals surface area contributed by atoms with Gasteiger partial charge in [-0.05, 0) is 18.1 Å². The largest absolute Gasteiger partial charge is 0.418 e. The van der Waals surface area contributed by atoms with Crippen LogP contribution in [0.4, 0.5) is 13.2 Å². The lowest BCUT2D eigenvalue weighted by Gasteiger charge is -2.09. The first-order valence-electron chi connectivity index (χ1n) is 5.59. The minimum absolute atomic E-state index is 0.143. The van der Waals surface area contributed by atoms with Gasteiger partial charge < -0.3 is 4.98 Å². The molecule has 0 aliphatic carbocycles. The van der Waals surface area contributed by atoms with Crippen LogP contribution in [-0.2, 0) is 12.7 Å². The predicted molar refractivity (Wildman–Crippen MR) is 62.4 cm³/mol. The number of aromatic amines is 1. The highest BCUT2D eigenvalue weighted by atomic mass is 19.4. The van der Waals surface area contributed by atoms with Crippen LogP contribution >= 0.6 is 0 Å². The maximum Gasteiger partial charge on any atom is 0.418 e. The molecule has 0 amide bonds. The molecule has 0 atom stereocenters. The van der Waals surface area contributed by atoms with Gasteiger partial charge in [0, 0.05) is 6.54 Å². The van der Waals surface area contributed by atoms with E-state index in [1.165, 1.54) is 16.7 Å². The lowest BCUT2D eigenvalue weighted by Crippen LogP contribution is -2.19. The molecule has 0 saturated heterocycles. The van der Waals surface area contributed by atoms with Crippen molar-refractivity contribution in [1.29, 1.82) is 0 Å². The van der Waals surface area contributed by atoms with E-state index >= 15 is 0 Å². The van der Waals surface area contributed by atoms with Gasteiger partial charge in [0.2, 0.25) is 0 Å². The average Bonchev–Trinajstić information content (AvgIpc) is 2.53. The van der Waals surface area contributed by atoms with Crippen LogP contribution in [0.3, 0.4) is 0 Å². The lowest BCUT2D eigenvalue weighted by molar-refractivity contribution is -0.136. The zero-order valence-corrected chi connectivity index (χ0v) is 10.0. The van der Waals surface area contributed by atoms with E-state index in [2.05, 4.69) is 4.98 Å². The Morgan fingerprint density at radius 2 is 2.00 bits per heavy atom. The van der Waals surface area contributed by atoms with Crippen LogP contribution in [-0.4, -0.2) is 9.55 Å². The predicted octanol–water partition coefficient (Wildman–Crippen LogP) is 3.00. The molecule has 0 aliphatic heterocycles. The third kappa shape index (κ3) is 2.14. The van der Waals surface area contributed by atoms with E-state index in [0.29, 0.717) is 12.1 Å². The molecule has 18 heavy (non-hydrogen) atoms. The Hall–Kier alpha value is -1.72. The number of hydrogen-bond acceptors (Lipinski definition) is 1. The molecule has 0 radical (unpaired) electrons. The molecule has 0 aliphatic rings. The Morgan fingerprint density at radius 1 is 1.33 bits per heavy atom. The summed E-state index contributed by atoms with van der Waals surface area (Å²) in [6, 6.07) is 3.80. The number of hydrogen-bond donors (Lipinski definition) is 1. The van der Waals surface area contributed by atoms with Gasteiger partial charge in [0.25, 0.3) is 0 Å². The first-order chi connectivity index (χ1) is 8.30. The van der Waals surface area contributed by atoms with Crippen molar-refractivity contribution >= 4 is 11.0 Å². The zero-order chi connectivity index (χ0) is 13.5. The van der Waals surface area contributed by atoms with Crippen molar-refractivity contribution in [2.24, 2.45) is 5.92 Å². The summed E-state index contributed by atoms with van der Waals surface area (Å²) in [5.41, 5.74) is -1.16. The molecule has 1 aromatic heterocycles. The minimum atomic E-state index is -4.47. The molecule has 3 nitrogen and oxygen atoms in total. The number of nitrogens with one attached hydrogen (secondary N) is 1. The van der Waals surface area contributed by atoms with Gasteiger partial charge in [-0.25, -0.2) is 4.79 Å². The number of para-hydroxylation sites is 1. The van der Waals surface area contributed by atoms with E-state index in [1.807, 2.05) is 13.8 Å². The molecular weight excluding hydrogens is 245 g/mol. The van der Waals surface area contributed by atoms with Crippen LogP contribution in [0, 0.1) is 5.92 Å². The maximum absolute atomic E-state index is 12.8. The smallest absolute Gasteiger partial charge is 0.305 e. The number of rotatable bonds is 2. The van der Waals surface area contributed by atoms with Gasteiger partial charge in [-0.1, -0.05) is 19.9 Å². The number of fused-ring (bicyclic) bond motifs is 1. The van der Waals surface area contributed by atoms with E-state index in [9.17, 15) is 18.0 Å². The summed E-state index contributed by atoms with van der Waals surface area (Å²) in [5.74, 6) is 0.177. The molecule has 2 aromatic rings. The molecular formula is C12H13F3N2O. The second-order valence-electron chi connectivity index (χ2n) is 4.63. The molecule has 0 spiro atoms. The van der Waals surface area contributed by atoms with E-state index < -0.39 is 17.4 Å². The molecule has 6 heteroatoms. The summed E-state index contributed by atoms with van der Waals surface area (Å²) < 4.78 is 39.7. The van der Waals surface area contributed by atoms with Crippen molar-refractivity contribution in [3.63, 3.8) is 0 Å². The monoisotopic (exact) mass is 258 g/mol. The fourth-order valence-electron chi connectivity index (χ4n) is 1.96. The molecule has 0 fully saturated rings. The molecule has 0 unspecified atom stereocenters. The summed E-state index contributed by atoms with van der Waals surface area (Å²) in [6.45, 7) is 4.19. The van der Waals surface area contributed by atoms with Crippen molar-refractivity contribution in [2.75, 3.05) is 0 Å². The topological polar surface area (TPSA) is 37.8 Å². The van der Waals surface area contributed by atoms with Gasteiger partial charge in [0.15, 0.2) is 0 Å². The van der Waals surface area contributed by atoms with Crippen molar-refractivity contribution in [2.45, 2.75) is 26.6 Å². The Morgan fingerprint density at radius 3 is 2.56 bits per heavy atom. The number of nitrogens with zero attached hydrogens (tertiary/aromatic N) is 1. The third-order valence-electron chi connectivity index (χ3n) is 2.66. The highest BCUT2D eigenvalue weighted by Crippen LogP contribution is 2.33. The van der Waals surface area contributed by atoms with Crippen LogP contribution in [0.15, 0.2) is 23.0 Å².